The number of phenols is 1. The van der Waals surface area contributed by atoms with Crippen LogP contribution in [0.15, 0.2) is 18.2 Å². The quantitative estimate of drug-likeness (QED) is 0.853. The van der Waals surface area contributed by atoms with Gasteiger partial charge in [0.2, 0.25) is 0 Å². The van der Waals surface area contributed by atoms with Gasteiger partial charge in [0, 0.05) is 18.7 Å². The van der Waals surface area contributed by atoms with Gasteiger partial charge in [0.25, 0.3) is 0 Å². The molecule has 0 saturated carbocycles. The van der Waals surface area contributed by atoms with Crippen LogP contribution in [-0.2, 0) is 6.54 Å². The van der Waals surface area contributed by atoms with E-state index in [1.807, 2.05) is 6.07 Å². The van der Waals surface area contributed by atoms with Gasteiger partial charge in [-0.1, -0.05) is 0 Å². The summed E-state index contributed by atoms with van der Waals surface area (Å²) in [5.41, 5.74) is 6.58. The highest BCUT2D eigenvalue weighted by Crippen LogP contribution is 2.27. The Morgan fingerprint density at radius 1 is 1.47 bits per heavy atom. The summed E-state index contributed by atoms with van der Waals surface area (Å²) in [6.07, 6.45) is 3.59. The highest BCUT2D eigenvalue weighted by Gasteiger charge is 2.20. The van der Waals surface area contributed by atoms with Gasteiger partial charge in [0.15, 0.2) is 0 Å². The molecule has 4 heteroatoms. The molecule has 0 aliphatic carbocycles. The molecule has 2 rings (SSSR count). The highest BCUT2D eigenvalue weighted by atomic mass is 16.5. The van der Waals surface area contributed by atoms with Gasteiger partial charge in [0.1, 0.15) is 11.5 Å². The fourth-order valence-corrected chi connectivity index (χ4v) is 2.82. The molecule has 1 atom stereocenters. The van der Waals surface area contributed by atoms with E-state index in [9.17, 15) is 5.11 Å². The minimum atomic E-state index is 0.349. The van der Waals surface area contributed by atoms with Gasteiger partial charge in [-0.3, -0.25) is 4.90 Å². The summed E-state index contributed by atoms with van der Waals surface area (Å²) in [5, 5.41) is 9.93. The van der Waals surface area contributed by atoms with Crippen molar-refractivity contribution in [2.24, 2.45) is 11.7 Å². The smallest absolute Gasteiger partial charge is 0.120 e. The predicted octanol–water partition coefficient (Wildman–Crippen LogP) is 1.96. The molecule has 1 unspecified atom stereocenters. The first-order chi connectivity index (χ1) is 9.22. The summed E-state index contributed by atoms with van der Waals surface area (Å²) >= 11 is 0. The topological polar surface area (TPSA) is 58.7 Å². The number of benzene rings is 1. The van der Waals surface area contributed by atoms with Crippen molar-refractivity contribution in [3.05, 3.63) is 23.8 Å². The SMILES string of the molecule is COc1ccc(O)c(CN2CCCC(CCN)C2)c1. The van der Waals surface area contributed by atoms with Crippen LogP contribution in [0.1, 0.15) is 24.8 Å². The molecule has 0 bridgehead atoms. The molecule has 1 aliphatic rings. The Balaban J connectivity index is 2.00. The number of rotatable bonds is 5. The lowest BCUT2D eigenvalue weighted by atomic mass is 9.94. The van der Waals surface area contributed by atoms with Crippen LogP contribution in [0.25, 0.3) is 0 Å². The third-order valence-corrected chi connectivity index (χ3v) is 3.86. The maximum absolute atomic E-state index is 9.93. The summed E-state index contributed by atoms with van der Waals surface area (Å²) in [6.45, 7) is 3.72. The van der Waals surface area contributed by atoms with Gasteiger partial charge in [-0.2, -0.15) is 0 Å². The Bertz CT molecular complexity index is 407. The minimum Gasteiger partial charge on any atom is -0.508 e. The number of piperidine rings is 1. The second-order valence-corrected chi connectivity index (χ2v) is 5.32. The fraction of sp³-hybridized carbons (Fsp3) is 0.600. The van der Waals surface area contributed by atoms with Crippen LogP contribution in [0.2, 0.25) is 0 Å². The van der Waals surface area contributed by atoms with E-state index in [0.717, 1.165) is 43.9 Å². The van der Waals surface area contributed by atoms with Crippen molar-refractivity contribution in [3.8, 4) is 11.5 Å². The van der Waals surface area contributed by atoms with Gasteiger partial charge in [-0.25, -0.2) is 0 Å². The molecule has 0 aromatic heterocycles. The van der Waals surface area contributed by atoms with Crippen molar-refractivity contribution in [2.45, 2.75) is 25.8 Å². The minimum absolute atomic E-state index is 0.349. The first-order valence-corrected chi connectivity index (χ1v) is 7.01. The fourth-order valence-electron chi connectivity index (χ4n) is 2.82. The zero-order valence-corrected chi connectivity index (χ0v) is 11.6. The lowest BCUT2D eigenvalue weighted by Crippen LogP contribution is -2.35. The monoisotopic (exact) mass is 264 g/mol. The van der Waals surface area contributed by atoms with Crippen molar-refractivity contribution in [2.75, 3.05) is 26.7 Å². The normalized spacial score (nSPS) is 20.4. The Labute approximate surface area is 115 Å². The number of nitrogens with zero attached hydrogens (tertiary/aromatic N) is 1. The lowest BCUT2D eigenvalue weighted by Gasteiger charge is -2.32. The average molecular weight is 264 g/mol. The van der Waals surface area contributed by atoms with Gasteiger partial charge < -0.3 is 15.6 Å². The van der Waals surface area contributed by atoms with Crippen molar-refractivity contribution >= 4 is 0 Å². The van der Waals surface area contributed by atoms with E-state index in [-0.39, 0.29) is 0 Å². The molecule has 3 N–H and O–H groups in total. The Kier molecular flexibility index (Phi) is 5.05. The van der Waals surface area contributed by atoms with Crippen LogP contribution in [0, 0.1) is 5.92 Å². The number of methoxy groups -OCH3 is 1. The molecule has 19 heavy (non-hydrogen) atoms. The first-order valence-electron chi connectivity index (χ1n) is 7.01. The molecule has 1 heterocycles. The van der Waals surface area contributed by atoms with Crippen LogP contribution in [0.3, 0.4) is 0 Å². The van der Waals surface area contributed by atoms with E-state index in [1.54, 1.807) is 19.2 Å². The summed E-state index contributed by atoms with van der Waals surface area (Å²) in [5.74, 6) is 1.84. The van der Waals surface area contributed by atoms with Crippen LogP contribution < -0.4 is 10.5 Å². The highest BCUT2D eigenvalue weighted by molar-refractivity contribution is 5.39. The van der Waals surface area contributed by atoms with Crippen molar-refractivity contribution in [1.29, 1.82) is 0 Å². The summed E-state index contributed by atoms with van der Waals surface area (Å²) in [4.78, 5) is 2.40. The standard InChI is InChI=1S/C15H24N2O2/c1-19-14-4-5-15(18)13(9-14)11-17-8-2-3-12(10-17)6-7-16/h4-5,9,12,18H,2-3,6-8,10-11,16H2,1H3. The molecule has 1 fully saturated rings. The Hall–Kier alpha value is -1.26. The molecule has 0 amide bonds. The Morgan fingerprint density at radius 2 is 2.32 bits per heavy atom. The van der Waals surface area contributed by atoms with Crippen LogP contribution in [0.5, 0.6) is 11.5 Å². The van der Waals surface area contributed by atoms with E-state index in [2.05, 4.69) is 4.90 Å². The van der Waals surface area contributed by atoms with Gasteiger partial charge in [-0.05, 0) is 56.5 Å². The number of nitrogens with two attached hydrogens (primary N) is 1. The molecule has 1 aromatic carbocycles. The van der Waals surface area contributed by atoms with Gasteiger partial charge >= 0.3 is 0 Å². The predicted molar refractivity (Wildman–Crippen MR) is 76.3 cm³/mol. The third-order valence-electron chi connectivity index (χ3n) is 3.86. The maximum Gasteiger partial charge on any atom is 0.120 e. The molecular formula is C15H24N2O2. The van der Waals surface area contributed by atoms with Crippen molar-refractivity contribution < 1.29 is 9.84 Å². The van der Waals surface area contributed by atoms with E-state index in [0.29, 0.717) is 11.7 Å². The molecule has 0 spiro atoms. The largest absolute Gasteiger partial charge is 0.508 e. The van der Waals surface area contributed by atoms with Crippen molar-refractivity contribution in [1.82, 2.24) is 4.90 Å². The molecule has 1 saturated heterocycles. The van der Waals surface area contributed by atoms with E-state index in [4.69, 9.17) is 10.5 Å². The number of likely N-dealkylation sites (tertiary alicyclic amines) is 1. The van der Waals surface area contributed by atoms with Gasteiger partial charge in [-0.15, -0.1) is 0 Å². The maximum atomic E-state index is 9.93. The zero-order chi connectivity index (χ0) is 13.7. The summed E-state index contributed by atoms with van der Waals surface area (Å²) < 4.78 is 5.21. The number of phenolic OH excluding ortho intramolecular Hbond substituents is 1. The molecule has 4 nitrogen and oxygen atoms in total. The van der Waals surface area contributed by atoms with Gasteiger partial charge in [0.05, 0.1) is 7.11 Å². The number of hydrogen-bond donors (Lipinski definition) is 2. The van der Waals surface area contributed by atoms with E-state index in [1.165, 1.54) is 12.8 Å². The average Bonchev–Trinajstić information content (AvgIpc) is 2.42. The second kappa shape index (κ2) is 6.78. The molecular weight excluding hydrogens is 240 g/mol. The molecule has 1 aromatic rings. The number of ether oxygens (including phenoxy) is 1. The number of aromatic hydroxyl groups is 1. The van der Waals surface area contributed by atoms with Crippen LogP contribution in [0.4, 0.5) is 0 Å². The number of hydrogen-bond acceptors (Lipinski definition) is 4. The first kappa shape index (κ1) is 14.2. The van der Waals surface area contributed by atoms with E-state index >= 15 is 0 Å². The summed E-state index contributed by atoms with van der Waals surface area (Å²) in [6, 6.07) is 5.41. The molecule has 1 aliphatic heterocycles. The lowest BCUT2D eigenvalue weighted by molar-refractivity contribution is 0.161. The van der Waals surface area contributed by atoms with Crippen LogP contribution >= 0.6 is 0 Å². The van der Waals surface area contributed by atoms with Crippen LogP contribution in [-0.4, -0.2) is 36.8 Å². The Morgan fingerprint density at radius 3 is 3.05 bits per heavy atom. The summed E-state index contributed by atoms with van der Waals surface area (Å²) in [7, 11) is 1.65. The second-order valence-electron chi connectivity index (χ2n) is 5.32. The molecule has 106 valence electrons. The molecule has 0 radical (unpaired) electrons. The third kappa shape index (κ3) is 3.85. The zero-order valence-electron chi connectivity index (χ0n) is 11.6. The van der Waals surface area contributed by atoms with Crippen molar-refractivity contribution in [3.63, 3.8) is 0 Å². The van der Waals surface area contributed by atoms with E-state index < -0.39 is 0 Å².